The SMILES string of the molecule is Brc1ccc(N2CCOCC2)c2ccccc12. The standard InChI is InChI=1S/C14H14BrNO/c15-13-5-6-14(16-7-9-17-10-8-16)12-4-2-1-3-11(12)13/h1-6H,7-10H2. The molecule has 2 nitrogen and oxygen atoms in total. The van der Waals surface area contributed by atoms with E-state index in [1.807, 2.05) is 0 Å². The van der Waals surface area contributed by atoms with E-state index in [0.29, 0.717) is 0 Å². The monoisotopic (exact) mass is 291 g/mol. The minimum atomic E-state index is 0.824. The van der Waals surface area contributed by atoms with Gasteiger partial charge in [-0.05, 0) is 17.5 Å². The Bertz CT molecular complexity index is 535. The zero-order valence-corrected chi connectivity index (χ0v) is 11.1. The van der Waals surface area contributed by atoms with E-state index < -0.39 is 0 Å². The van der Waals surface area contributed by atoms with E-state index in [1.165, 1.54) is 16.5 Å². The van der Waals surface area contributed by atoms with Crippen molar-refractivity contribution in [2.24, 2.45) is 0 Å². The zero-order chi connectivity index (χ0) is 11.7. The molecule has 0 aromatic heterocycles. The molecule has 3 heteroatoms. The van der Waals surface area contributed by atoms with Gasteiger partial charge in [-0.2, -0.15) is 0 Å². The van der Waals surface area contributed by atoms with Crippen LogP contribution in [0, 0.1) is 0 Å². The van der Waals surface area contributed by atoms with Crippen molar-refractivity contribution in [3.63, 3.8) is 0 Å². The Morgan fingerprint density at radius 3 is 2.41 bits per heavy atom. The number of anilines is 1. The molecule has 1 aliphatic heterocycles. The highest BCUT2D eigenvalue weighted by Gasteiger charge is 2.14. The van der Waals surface area contributed by atoms with E-state index in [4.69, 9.17) is 4.74 Å². The predicted octanol–water partition coefficient (Wildman–Crippen LogP) is 3.44. The Balaban J connectivity index is 2.12. The number of hydrogen-bond donors (Lipinski definition) is 0. The Hall–Kier alpha value is -1.06. The molecule has 88 valence electrons. The van der Waals surface area contributed by atoms with Crippen LogP contribution in [0.4, 0.5) is 5.69 Å². The Kier molecular flexibility index (Phi) is 3.04. The van der Waals surface area contributed by atoms with Gasteiger partial charge in [-0.3, -0.25) is 0 Å². The molecule has 0 spiro atoms. The van der Waals surface area contributed by atoms with Crippen LogP contribution in [0.5, 0.6) is 0 Å². The summed E-state index contributed by atoms with van der Waals surface area (Å²) >= 11 is 3.61. The molecule has 3 rings (SSSR count). The molecule has 0 radical (unpaired) electrons. The van der Waals surface area contributed by atoms with Crippen LogP contribution in [-0.2, 0) is 4.74 Å². The number of benzene rings is 2. The average Bonchev–Trinajstić information content (AvgIpc) is 2.41. The first-order valence-electron chi connectivity index (χ1n) is 5.86. The number of rotatable bonds is 1. The normalized spacial score (nSPS) is 16.4. The molecule has 17 heavy (non-hydrogen) atoms. The van der Waals surface area contributed by atoms with Crippen molar-refractivity contribution in [2.45, 2.75) is 0 Å². The van der Waals surface area contributed by atoms with Gasteiger partial charge in [0.2, 0.25) is 0 Å². The lowest BCUT2D eigenvalue weighted by Gasteiger charge is -2.30. The van der Waals surface area contributed by atoms with E-state index in [0.717, 1.165) is 30.8 Å². The van der Waals surface area contributed by atoms with Gasteiger partial charge in [0.05, 0.1) is 13.2 Å². The summed E-state index contributed by atoms with van der Waals surface area (Å²) in [4.78, 5) is 2.40. The van der Waals surface area contributed by atoms with Crippen molar-refractivity contribution in [1.82, 2.24) is 0 Å². The zero-order valence-electron chi connectivity index (χ0n) is 9.53. The lowest BCUT2D eigenvalue weighted by Crippen LogP contribution is -2.36. The second-order valence-electron chi connectivity index (χ2n) is 4.21. The van der Waals surface area contributed by atoms with Gasteiger partial charge in [0.25, 0.3) is 0 Å². The predicted molar refractivity (Wildman–Crippen MR) is 74.7 cm³/mol. The van der Waals surface area contributed by atoms with Crippen molar-refractivity contribution in [1.29, 1.82) is 0 Å². The van der Waals surface area contributed by atoms with Gasteiger partial charge < -0.3 is 9.64 Å². The Morgan fingerprint density at radius 2 is 1.65 bits per heavy atom. The van der Waals surface area contributed by atoms with Crippen LogP contribution in [0.1, 0.15) is 0 Å². The van der Waals surface area contributed by atoms with Crippen LogP contribution < -0.4 is 4.90 Å². The first-order valence-corrected chi connectivity index (χ1v) is 6.65. The van der Waals surface area contributed by atoms with Crippen LogP contribution in [0.3, 0.4) is 0 Å². The van der Waals surface area contributed by atoms with Crippen molar-refractivity contribution in [2.75, 3.05) is 31.2 Å². The highest BCUT2D eigenvalue weighted by atomic mass is 79.9. The maximum Gasteiger partial charge on any atom is 0.0642 e. The molecule has 0 amide bonds. The van der Waals surface area contributed by atoms with E-state index in [2.05, 4.69) is 57.2 Å². The highest BCUT2D eigenvalue weighted by Crippen LogP contribution is 2.32. The molecule has 2 aromatic carbocycles. The molecule has 1 saturated heterocycles. The van der Waals surface area contributed by atoms with Gasteiger partial charge >= 0.3 is 0 Å². The summed E-state index contributed by atoms with van der Waals surface area (Å²) in [6.45, 7) is 3.60. The van der Waals surface area contributed by atoms with Crippen LogP contribution in [0.25, 0.3) is 10.8 Å². The average molecular weight is 292 g/mol. The van der Waals surface area contributed by atoms with E-state index in [1.54, 1.807) is 0 Å². The van der Waals surface area contributed by atoms with Crippen LogP contribution >= 0.6 is 15.9 Å². The summed E-state index contributed by atoms with van der Waals surface area (Å²) in [6.07, 6.45) is 0. The van der Waals surface area contributed by atoms with Gasteiger partial charge in [-0.15, -0.1) is 0 Å². The quantitative estimate of drug-likeness (QED) is 0.798. The Labute approximate surface area is 109 Å². The first-order chi connectivity index (χ1) is 8.36. The molecule has 0 atom stereocenters. The lowest BCUT2D eigenvalue weighted by atomic mass is 10.1. The summed E-state index contributed by atoms with van der Waals surface area (Å²) < 4.78 is 6.56. The number of hydrogen-bond acceptors (Lipinski definition) is 2. The van der Waals surface area contributed by atoms with Crippen molar-refractivity contribution < 1.29 is 4.74 Å². The van der Waals surface area contributed by atoms with Crippen LogP contribution in [-0.4, -0.2) is 26.3 Å². The Morgan fingerprint density at radius 1 is 0.941 bits per heavy atom. The van der Waals surface area contributed by atoms with E-state index >= 15 is 0 Å². The maximum absolute atomic E-state index is 5.41. The largest absolute Gasteiger partial charge is 0.378 e. The molecule has 1 fully saturated rings. The third kappa shape index (κ3) is 2.05. The summed E-state index contributed by atoms with van der Waals surface area (Å²) in [5.74, 6) is 0. The third-order valence-electron chi connectivity index (χ3n) is 3.20. The fraction of sp³-hybridized carbons (Fsp3) is 0.286. The molecule has 2 aromatic rings. The second-order valence-corrected chi connectivity index (χ2v) is 5.07. The summed E-state index contributed by atoms with van der Waals surface area (Å²) in [5, 5.41) is 2.58. The maximum atomic E-state index is 5.41. The van der Waals surface area contributed by atoms with Gasteiger partial charge in [0.1, 0.15) is 0 Å². The number of ether oxygens (including phenoxy) is 1. The highest BCUT2D eigenvalue weighted by molar-refractivity contribution is 9.10. The minimum Gasteiger partial charge on any atom is -0.378 e. The van der Waals surface area contributed by atoms with Crippen molar-refractivity contribution in [3.05, 3.63) is 40.9 Å². The molecular formula is C14H14BrNO. The molecule has 0 aliphatic carbocycles. The van der Waals surface area contributed by atoms with Crippen molar-refractivity contribution in [3.8, 4) is 0 Å². The van der Waals surface area contributed by atoms with Crippen LogP contribution in [0.2, 0.25) is 0 Å². The fourth-order valence-electron chi connectivity index (χ4n) is 2.33. The van der Waals surface area contributed by atoms with E-state index in [-0.39, 0.29) is 0 Å². The molecule has 0 N–H and O–H groups in total. The van der Waals surface area contributed by atoms with Gasteiger partial charge in [0.15, 0.2) is 0 Å². The molecule has 0 unspecified atom stereocenters. The summed E-state index contributed by atoms with van der Waals surface area (Å²) in [5.41, 5.74) is 1.31. The number of morpholine rings is 1. The third-order valence-corrected chi connectivity index (χ3v) is 3.89. The first kappa shape index (κ1) is 11.1. The van der Waals surface area contributed by atoms with Gasteiger partial charge in [0, 0.05) is 28.6 Å². The number of halogens is 1. The number of nitrogens with zero attached hydrogens (tertiary/aromatic N) is 1. The van der Waals surface area contributed by atoms with E-state index in [9.17, 15) is 0 Å². The summed E-state index contributed by atoms with van der Waals surface area (Å²) in [6, 6.07) is 12.8. The smallest absolute Gasteiger partial charge is 0.0642 e. The molecule has 0 bridgehead atoms. The lowest BCUT2D eigenvalue weighted by molar-refractivity contribution is 0.123. The minimum absolute atomic E-state index is 0.824. The molecule has 0 saturated carbocycles. The van der Waals surface area contributed by atoms with Gasteiger partial charge in [-0.1, -0.05) is 40.2 Å². The fourth-order valence-corrected chi connectivity index (χ4v) is 2.80. The molecule has 1 heterocycles. The molecule has 1 aliphatic rings. The summed E-state index contributed by atoms with van der Waals surface area (Å²) in [7, 11) is 0. The topological polar surface area (TPSA) is 12.5 Å². The second kappa shape index (κ2) is 4.67. The van der Waals surface area contributed by atoms with Gasteiger partial charge in [-0.25, -0.2) is 0 Å². The number of fused-ring (bicyclic) bond motifs is 1. The molecular weight excluding hydrogens is 278 g/mol. The van der Waals surface area contributed by atoms with Crippen LogP contribution in [0.15, 0.2) is 40.9 Å². The van der Waals surface area contributed by atoms with Crippen molar-refractivity contribution >= 4 is 32.4 Å².